The van der Waals surface area contributed by atoms with Crippen LogP contribution in [0.5, 0.6) is 11.5 Å². The van der Waals surface area contributed by atoms with Gasteiger partial charge < -0.3 is 15.2 Å². The fraction of sp³-hybridized carbons (Fsp3) is 0.278. The molecule has 0 unspecified atom stereocenters. The summed E-state index contributed by atoms with van der Waals surface area (Å²) in [5.41, 5.74) is 0.861. The van der Waals surface area contributed by atoms with Crippen molar-refractivity contribution in [2.45, 2.75) is 19.3 Å². The number of amides is 1. The molecule has 122 valence electrons. The maximum absolute atomic E-state index is 12.7. The first kappa shape index (κ1) is 16.8. The zero-order valence-electron chi connectivity index (χ0n) is 12.8. The second kappa shape index (κ2) is 8.78. The molecule has 0 saturated carbocycles. The number of ether oxygens (including phenoxy) is 1. The highest BCUT2D eigenvalue weighted by Gasteiger charge is 2.03. The van der Waals surface area contributed by atoms with E-state index in [4.69, 9.17) is 4.74 Å². The Morgan fingerprint density at radius 2 is 1.74 bits per heavy atom. The van der Waals surface area contributed by atoms with Gasteiger partial charge in [0.25, 0.3) is 0 Å². The van der Waals surface area contributed by atoms with Gasteiger partial charge in [-0.05, 0) is 54.8 Å². The van der Waals surface area contributed by atoms with Gasteiger partial charge in [-0.2, -0.15) is 0 Å². The van der Waals surface area contributed by atoms with Gasteiger partial charge in [0.05, 0.1) is 13.0 Å². The van der Waals surface area contributed by atoms with E-state index in [1.54, 1.807) is 36.4 Å². The molecule has 5 heteroatoms. The Labute approximate surface area is 134 Å². The number of phenols is 1. The second-order valence-electron chi connectivity index (χ2n) is 5.20. The Balaban J connectivity index is 1.55. The van der Waals surface area contributed by atoms with Gasteiger partial charge in [0.15, 0.2) is 0 Å². The van der Waals surface area contributed by atoms with E-state index in [1.807, 2.05) is 0 Å². The Kier molecular flexibility index (Phi) is 6.41. The first-order valence-electron chi connectivity index (χ1n) is 7.56. The molecular weight excluding hydrogens is 297 g/mol. The minimum Gasteiger partial charge on any atom is -0.508 e. The molecule has 0 bridgehead atoms. The van der Waals surface area contributed by atoms with Gasteiger partial charge in [-0.1, -0.05) is 12.1 Å². The summed E-state index contributed by atoms with van der Waals surface area (Å²) in [6, 6.07) is 12.5. The van der Waals surface area contributed by atoms with Crippen molar-refractivity contribution in [2.24, 2.45) is 0 Å². The molecule has 2 aromatic carbocycles. The predicted molar refractivity (Wildman–Crippen MR) is 85.9 cm³/mol. The number of phenolic OH excluding ortho intramolecular Hbond substituents is 1. The number of carbonyl (C=O) groups excluding carboxylic acids is 1. The summed E-state index contributed by atoms with van der Waals surface area (Å²) in [4.78, 5) is 11.7. The quantitative estimate of drug-likeness (QED) is 0.736. The average Bonchev–Trinajstić information content (AvgIpc) is 2.54. The molecule has 0 aromatic heterocycles. The molecule has 0 aliphatic heterocycles. The number of unbranched alkanes of at least 4 members (excludes halogenated alkanes) is 1. The van der Waals surface area contributed by atoms with Crippen molar-refractivity contribution in [1.82, 2.24) is 5.32 Å². The van der Waals surface area contributed by atoms with Crippen LogP contribution >= 0.6 is 0 Å². The summed E-state index contributed by atoms with van der Waals surface area (Å²) >= 11 is 0. The van der Waals surface area contributed by atoms with E-state index in [2.05, 4.69) is 5.32 Å². The molecule has 0 radical (unpaired) electrons. The summed E-state index contributed by atoms with van der Waals surface area (Å²) in [5, 5.41) is 12.0. The lowest BCUT2D eigenvalue weighted by molar-refractivity contribution is -0.120. The van der Waals surface area contributed by atoms with E-state index in [9.17, 15) is 14.3 Å². The highest BCUT2D eigenvalue weighted by molar-refractivity contribution is 5.78. The maximum Gasteiger partial charge on any atom is 0.224 e. The second-order valence-corrected chi connectivity index (χ2v) is 5.20. The number of benzene rings is 2. The van der Waals surface area contributed by atoms with Crippen LogP contribution in [0.3, 0.4) is 0 Å². The SMILES string of the molecule is O=C(Cc1ccc(O)cc1)NCCCCOc1ccc(F)cc1. The summed E-state index contributed by atoms with van der Waals surface area (Å²) < 4.78 is 18.2. The number of nitrogens with one attached hydrogen (secondary N) is 1. The molecule has 0 heterocycles. The Morgan fingerprint density at radius 3 is 2.43 bits per heavy atom. The van der Waals surface area contributed by atoms with Crippen LogP contribution in [0.15, 0.2) is 48.5 Å². The molecule has 0 spiro atoms. The Hall–Kier alpha value is -2.56. The molecule has 23 heavy (non-hydrogen) atoms. The molecule has 0 aliphatic rings. The Bertz CT molecular complexity index is 611. The fourth-order valence-electron chi connectivity index (χ4n) is 2.04. The molecule has 0 aliphatic carbocycles. The van der Waals surface area contributed by atoms with Crippen LogP contribution in [0.2, 0.25) is 0 Å². The summed E-state index contributed by atoms with van der Waals surface area (Å²) in [6.45, 7) is 1.11. The van der Waals surface area contributed by atoms with Crippen molar-refractivity contribution >= 4 is 5.91 Å². The van der Waals surface area contributed by atoms with Gasteiger partial charge in [0.1, 0.15) is 17.3 Å². The van der Waals surface area contributed by atoms with Gasteiger partial charge in [-0.3, -0.25) is 4.79 Å². The topological polar surface area (TPSA) is 58.6 Å². The minimum atomic E-state index is -0.284. The van der Waals surface area contributed by atoms with E-state index in [0.717, 1.165) is 18.4 Å². The number of rotatable bonds is 8. The lowest BCUT2D eigenvalue weighted by Gasteiger charge is -2.07. The maximum atomic E-state index is 12.7. The molecule has 2 aromatic rings. The van der Waals surface area contributed by atoms with E-state index in [0.29, 0.717) is 25.3 Å². The summed E-state index contributed by atoms with van der Waals surface area (Å²) in [5.74, 6) is 0.502. The van der Waals surface area contributed by atoms with Crippen molar-refractivity contribution in [3.8, 4) is 11.5 Å². The molecule has 2 rings (SSSR count). The van der Waals surface area contributed by atoms with Crippen LogP contribution in [0, 0.1) is 5.82 Å². The lowest BCUT2D eigenvalue weighted by atomic mass is 10.1. The number of hydrogen-bond donors (Lipinski definition) is 2. The van der Waals surface area contributed by atoms with Crippen LogP contribution < -0.4 is 10.1 Å². The van der Waals surface area contributed by atoms with Crippen molar-refractivity contribution in [3.05, 3.63) is 59.9 Å². The monoisotopic (exact) mass is 317 g/mol. The molecule has 0 fully saturated rings. The van der Waals surface area contributed by atoms with Gasteiger partial charge in [-0.25, -0.2) is 4.39 Å². The van der Waals surface area contributed by atoms with Crippen LogP contribution in [0.4, 0.5) is 4.39 Å². The van der Waals surface area contributed by atoms with Gasteiger partial charge in [0, 0.05) is 6.54 Å². The zero-order chi connectivity index (χ0) is 16.5. The third kappa shape index (κ3) is 6.38. The lowest BCUT2D eigenvalue weighted by Crippen LogP contribution is -2.26. The van der Waals surface area contributed by atoms with E-state index in [1.165, 1.54) is 12.1 Å². The van der Waals surface area contributed by atoms with Crippen molar-refractivity contribution in [1.29, 1.82) is 0 Å². The number of carbonyl (C=O) groups is 1. The van der Waals surface area contributed by atoms with Gasteiger partial charge in [-0.15, -0.1) is 0 Å². The van der Waals surface area contributed by atoms with Crippen molar-refractivity contribution in [2.75, 3.05) is 13.2 Å². The molecule has 4 nitrogen and oxygen atoms in total. The molecule has 2 N–H and O–H groups in total. The number of aromatic hydroxyl groups is 1. The molecule has 0 saturated heterocycles. The number of hydrogen-bond acceptors (Lipinski definition) is 3. The van der Waals surface area contributed by atoms with E-state index < -0.39 is 0 Å². The molecule has 0 atom stereocenters. The third-order valence-electron chi connectivity index (χ3n) is 3.28. The highest BCUT2D eigenvalue weighted by atomic mass is 19.1. The van der Waals surface area contributed by atoms with Gasteiger partial charge >= 0.3 is 0 Å². The van der Waals surface area contributed by atoms with Crippen molar-refractivity contribution < 1.29 is 19.0 Å². The first-order valence-corrected chi connectivity index (χ1v) is 7.56. The summed E-state index contributed by atoms with van der Waals surface area (Å²) in [6.07, 6.45) is 1.91. The minimum absolute atomic E-state index is 0.0462. The van der Waals surface area contributed by atoms with Gasteiger partial charge in [0.2, 0.25) is 5.91 Å². The van der Waals surface area contributed by atoms with Crippen LogP contribution in [0.1, 0.15) is 18.4 Å². The highest BCUT2D eigenvalue weighted by Crippen LogP contribution is 2.11. The standard InChI is InChI=1S/C18H20FNO3/c19-15-5-9-17(10-6-15)23-12-2-1-11-20-18(22)13-14-3-7-16(21)8-4-14/h3-10,21H,1-2,11-13H2,(H,20,22). The number of halogens is 1. The van der Waals surface area contributed by atoms with Crippen LogP contribution in [-0.2, 0) is 11.2 Å². The predicted octanol–water partition coefficient (Wildman–Crippen LogP) is 3.05. The first-order chi connectivity index (χ1) is 11.1. The zero-order valence-corrected chi connectivity index (χ0v) is 12.8. The molecule has 1 amide bonds. The van der Waals surface area contributed by atoms with Crippen LogP contribution in [-0.4, -0.2) is 24.2 Å². The van der Waals surface area contributed by atoms with Crippen LogP contribution in [0.25, 0.3) is 0 Å². The Morgan fingerprint density at radius 1 is 1.04 bits per heavy atom. The van der Waals surface area contributed by atoms with E-state index >= 15 is 0 Å². The smallest absolute Gasteiger partial charge is 0.224 e. The third-order valence-corrected chi connectivity index (χ3v) is 3.28. The van der Waals surface area contributed by atoms with E-state index in [-0.39, 0.29) is 17.5 Å². The molecular formula is C18H20FNO3. The fourth-order valence-corrected chi connectivity index (χ4v) is 2.04. The normalized spacial score (nSPS) is 10.3. The average molecular weight is 317 g/mol. The van der Waals surface area contributed by atoms with Crippen molar-refractivity contribution in [3.63, 3.8) is 0 Å². The largest absolute Gasteiger partial charge is 0.508 e. The summed E-state index contributed by atoms with van der Waals surface area (Å²) in [7, 11) is 0.